The zero-order chi connectivity index (χ0) is 26.2. The number of nitrogens with zero attached hydrogens (tertiary/aromatic N) is 1. The van der Waals surface area contributed by atoms with Crippen molar-refractivity contribution in [1.82, 2.24) is 0 Å². The summed E-state index contributed by atoms with van der Waals surface area (Å²) in [7, 11) is 0. The molecule has 0 radical (unpaired) electrons. The highest BCUT2D eigenvalue weighted by Gasteiger charge is 2.34. The summed E-state index contributed by atoms with van der Waals surface area (Å²) >= 11 is 0. The number of benzene rings is 1. The Morgan fingerprint density at radius 2 is 1.57 bits per heavy atom. The molecule has 3 atom stereocenters. The van der Waals surface area contributed by atoms with E-state index in [0.717, 1.165) is 72.1 Å². The molecule has 1 aliphatic rings. The molecular weight excluding hydrogens is 438 g/mol. The molecule has 1 aromatic rings. The van der Waals surface area contributed by atoms with E-state index >= 15 is 0 Å². The van der Waals surface area contributed by atoms with E-state index in [1.54, 1.807) is 0 Å². The van der Waals surface area contributed by atoms with Crippen LogP contribution < -0.4 is 4.74 Å². The molecule has 0 saturated carbocycles. The minimum atomic E-state index is -0.496. The number of nitro groups is 1. The zero-order valence-electron chi connectivity index (χ0n) is 23.3. The molecule has 5 heteroatoms. The number of hydrogen-bond acceptors (Lipinski definition) is 4. The summed E-state index contributed by atoms with van der Waals surface area (Å²) in [5.74, 6) is 3.31. The molecule has 35 heavy (non-hydrogen) atoms. The minimum Gasteiger partial charge on any atom is -0.507 e. The van der Waals surface area contributed by atoms with Crippen LogP contribution in [-0.4, -0.2) is 15.6 Å². The SMILES string of the molecule is Cc1c(C)c2c(c(C=C[N+](=O)[O-])c1O)CCC(C)(CCC[C@H](C)CCC[C@H](C)CCCC(C)C)O2. The average Bonchev–Trinajstić information content (AvgIpc) is 2.77. The number of ether oxygens (including phenoxy) is 1. The predicted molar refractivity (Wildman–Crippen MR) is 146 cm³/mol. The van der Waals surface area contributed by atoms with Crippen molar-refractivity contribution in [2.45, 2.75) is 125 Å². The fourth-order valence-electron chi connectivity index (χ4n) is 5.41. The normalized spacial score (nSPS) is 19.5. The van der Waals surface area contributed by atoms with Gasteiger partial charge in [0.1, 0.15) is 17.1 Å². The summed E-state index contributed by atoms with van der Waals surface area (Å²) in [6, 6.07) is 0. The van der Waals surface area contributed by atoms with E-state index in [9.17, 15) is 15.2 Å². The van der Waals surface area contributed by atoms with E-state index in [1.165, 1.54) is 51.0 Å². The highest BCUT2D eigenvalue weighted by atomic mass is 16.6. The fraction of sp³-hybridized carbons (Fsp3) is 0.733. The molecule has 2 rings (SSSR count). The van der Waals surface area contributed by atoms with Gasteiger partial charge in [0.05, 0.1) is 4.92 Å². The topological polar surface area (TPSA) is 72.6 Å². The molecule has 0 spiro atoms. The summed E-state index contributed by atoms with van der Waals surface area (Å²) in [5, 5.41) is 21.5. The highest BCUT2D eigenvalue weighted by molar-refractivity contribution is 5.69. The molecule has 1 aromatic carbocycles. The number of rotatable bonds is 14. The van der Waals surface area contributed by atoms with Crippen LogP contribution in [0.3, 0.4) is 0 Å². The van der Waals surface area contributed by atoms with Crippen molar-refractivity contribution in [1.29, 1.82) is 0 Å². The lowest BCUT2D eigenvalue weighted by molar-refractivity contribution is -0.400. The maximum atomic E-state index is 10.8. The van der Waals surface area contributed by atoms with E-state index in [4.69, 9.17) is 4.74 Å². The van der Waals surface area contributed by atoms with E-state index in [-0.39, 0.29) is 11.4 Å². The van der Waals surface area contributed by atoms with Crippen LogP contribution >= 0.6 is 0 Å². The van der Waals surface area contributed by atoms with Crippen LogP contribution in [0.2, 0.25) is 0 Å². The third kappa shape index (κ3) is 8.84. The van der Waals surface area contributed by atoms with Crippen molar-refractivity contribution in [2.75, 3.05) is 0 Å². The Morgan fingerprint density at radius 1 is 1.00 bits per heavy atom. The van der Waals surface area contributed by atoms with Crippen LogP contribution in [0.15, 0.2) is 6.20 Å². The first-order chi connectivity index (χ1) is 16.4. The molecular formula is C30H49NO4. The van der Waals surface area contributed by atoms with Crippen LogP contribution in [0, 0.1) is 41.7 Å². The second-order valence-corrected chi connectivity index (χ2v) is 11.8. The lowest BCUT2D eigenvalue weighted by Gasteiger charge is -2.38. The number of phenolic OH excluding ortho intramolecular Hbond substituents is 1. The number of hydrogen-bond donors (Lipinski definition) is 1. The summed E-state index contributed by atoms with van der Waals surface area (Å²) in [6.07, 6.45) is 15.3. The largest absolute Gasteiger partial charge is 0.507 e. The first kappa shape index (κ1) is 29.2. The van der Waals surface area contributed by atoms with Crippen LogP contribution in [0.25, 0.3) is 6.08 Å². The Bertz CT molecular complexity index is 876. The molecule has 0 saturated heterocycles. The summed E-state index contributed by atoms with van der Waals surface area (Å²) in [4.78, 5) is 10.4. The van der Waals surface area contributed by atoms with Gasteiger partial charge in [0.2, 0.25) is 6.20 Å². The van der Waals surface area contributed by atoms with E-state index in [2.05, 4.69) is 34.6 Å². The number of phenols is 1. The lowest BCUT2D eigenvalue weighted by Crippen LogP contribution is -2.37. The molecule has 1 aliphatic heterocycles. The average molecular weight is 488 g/mol. The monoisotopic (exact) mass is 487 g/mol. The lowest BCUT2D eigenvalue weighted by atomic mass is 9.83. The zero-order valence-corrected chi connectivity index (χ0v) is 23.3. The molecule has 0 aliphatic carbocycles. The van der Waals surface area contributed by atoms with Gasteiger partial charge in [0, 0.05) is 17.2 Å². The molecule has 0 fully saturated rings. The third-order valence-corrected chi connectivity index (χ3v) is 8.00. The van der Waals surface area contributed by atoms with Gasteiger partial charge >= 0.3 is 0 Å². The molecule has 0 amide bonds. The molecule has 1 heterocycles. The number of aromatic hydroxyl groups is 1. The van der Waals surface area contributed by atoms with Gasteiger partial charge in [-0.1, -0.05) is 72.6 Å². The predicted octanol–water partition coefficient (Wildman–Crippen LogP) is 8.78. The van der Waals surface area contributed by atoms with Gasteiger partial charge in [-0.05, 0) is 75.3 Å². The van der Waals surface area contributed by atoms with Crippen molar-refractivity contribution in [2.24, 2.45) is 17.8 Å². The van der Waals surface area contributed by atoms with Crippen LogP contribution in [0.1, 0.15) is 121 Å². The van der Waals surface area contributed by atoms with Crippen molar-refractivity contribution in [3.8, 4) is 11.5 Å². The molecule has 198 valence electrons. The standard InChI is InChI=1S/C30H49NO4/c1-21(2)11-8-12-22(3)13-9-14-23(4)15-10-18-30(7)19-16-27-26(17-20-31(33)34)28(32)24(5)25(6)29(27)35-30/h17,20-23,32H,8-16,18-19H2,1-7H3/t22-,23-,30?/m1/s1. The quantitative estimate of drug-likeness (QED) is 0.210. The van der Waals surface area contributed by atoms with Crippen molar-refractivity contribution >= 4 is 6.08 Å². The van der Waals surface area contributed by atoms with Gasteiger partial charge in [-0.15, -0.1) is 0 Å². The van der Waals surface area contributed by atoms with Gasteiger partial charge in [-0.25, -0.2) is 0 Å². The Morgan fingerprint density at radius 3 is 2.14 bits per heavy atom. The highest BCUT2D eigenvalue weighted by Crippen LogP contribution is 2.45. The minimum absolute atomic E-state index is 0.120. The Hall–Kier alpha value is -2.04. The second kappa shape index (κ2) is 13.3. The third-order valence-electron chi connectivity index (χ3n) is 8.00. The Balaban J connectivity index is 1.87. The van der Waals surface area contributed by atoms with Gasteiger partial charge < -0.3 is 9.84 Å². The Labute approximate surface area is 213 Å². The van der Waals surface area contributed by atoms with E-state index in [0.29, 0.717) is 5.56 Å². The fourth-order valence-corrected chi connectivity index (χ4v) is 5.41. The number of fused-ring (bicyclic) bond motifs is 1. The summed E-state index contributed by atoms with van der Waals surface area (Å²) in [6.45, 7) is 15.4. The maximum Gasteiger partial charge on any atom is 0.235 e. The maximum absolute atomic E-state index is 10.8. The smallest absolute Gasteiger partial charge is 0.235 e. The Kier molecular flexibility index (Phi) is 11.1. The molecule has 1 unspecified atom stereocenters. The van der Waals surface area contributed by atoms with Gasteiger partial charge in [-0.3, -0.25) is 10.1 Å². The molecule has 1 N–H and O–H groups in total. The van der Waals surface area contributed by atoms with Crippen LogP contribution in [0.4, 0.5) is 0 Å². The van der Waals surface area contributed by atoms with Gasteiger partial charge in [-0.2, -0.15) is 0 Å². The van der Waals surface area contributed by atoms with E-state index in [1.807, 2.05) is 13.8 Å². The van der Waals surface area contributed by atoms with Crippen molar-refractivity contribution < 1.29 is 14.8 Å². The van der Waals surface area contributed by atoms with Gasteiger partial charge in [0.25, 0.3) is 0 Å². The van der Waals surface area contributed by atoms with Crippen molar-refractivity contribution in [3.63, 3.8) is 0 Å². The van der Waals surface area contributed by atoms with E-state index < -0.39 is 4.92 Å². The molecule has 0 bridgehead atoms. The van der Waals surface area contributed by atoms with Crippen molar-refractivity contribution in [3.05, 3.63) is 38.6 Å². The van der Waals surface area contributed by atoms with Crippen LogP contribution in [0.5, 0.6) is 11.5 Å². The second-order valence-electron chi connectivity index (χ2n) is 11.8. The summed E-state index contributed by atoms with van der Waals surface area (Å²) in [5.41, 5.74) is 2.82. The first-order valence-corrected chi connectivity index (χ1v) is 13.8. The summed E-state index contributed by atoms with van der Waals surface area (Å²) < 4.78 is 6.57. The van der Waals surface area contributed by atoms with Gasteiger partial charge in [0.15, 0.2) is 0 Å². The van der Waals surface area contributed by atoms with Crippen LogP contribution in [-0.2, 0) is 6.42 Å². The first-order valence-electron chi connectivity index (χ1n) is 13.8. The molecule has 0 aromatic heterocycles. The molecule has 5 nitrogen and oxygen atoms in total.